The molecular formula is C15H20N4OS. The summed E-state index contributed by atoms with van der Waals surface area (Å²) in [7, 11) is 3.64. The average molecular weight is 304 g/mol. The van der Waals surface area contributed by atoms with Gasteiger partial charge in [-0.1, -0.05) is 19.1 Å². The van der Waals surface area contributed by atoms with Gasteiger partial charge in [0.15, 0.2) is 0 Å². The molecular weight excluding hydrogens is 284 g/mol. The molecule has 1 aromatic heterocycles. The molecule has 1 aromatic carbocycles. The van der Waals surface area contributed by atoms with Crippen molar-refractivity contribution < 1.29 is 4.79 Å². The van der Waals surface area contributed by atoms with Crippen molar-refractivity contribution in [2.75, 3.05) is 18.1 Å². The molecule has 0 atom stereocenters. The van der Waals surface area contributed by atoms with Gasteiger partial charge in [0.05, 0.1) is 18.4 Å². The van der Waals surface area contributed by atoms with E-state index in [9.17, 15) is 4.79 Å². The van der Waals surface area contributed by atoms with E-state index in [1.165, 1.54) is 0 Å². The number of hydrogen-bond donors (Lipinski definition) is 1. The molecule has 2 amide bonds. The number of aryl methyl sites for hydroxylation is 1. The van der Waals surface area contributed by atoms with Crippen LogP contribution in [0.25, 0.3) is 0 Å². The number of hydrogen-bond acceptors (Lipinski definition) is 3. The van der Waals surface area contributed by atoms with Crippen LogP contribution in [-0.2, 0) is 13.6 Å². The number of aromatic nitrogens is 2. The molecule has 0 aliphatic rings. The largest absolute Gasteiger partial charge is 0.323 e. The van der Waals surface area contributed by atoms with Gasteiger partial charge in [0, 0.05) is 30.8 Å². The van der Waals surface area contributed by atoms with Gasteiger partial charge in [0.1, 0.15) is 0 Å². The summed E-state index contributed by atoms with van der Waals surface area (Å²) < 4.78 is 1.73. The first kappa shape index (κ1) is 15.4. The van der Waals surface area contributed by atoms with E-state index in [-0.39, 0.29) is 6.03 Å². The van der Waals surface area contributed by atoms with Crippen molar-refractivity contribution in [3.05, 3.63) is 42.2 Å². The lowest BCUT2D eigenvalue weighted by molar-refractivity contribution is 0.220. The number of nitrogens with one attached hydrogen (secondary N) is 1. The zero-order valence-corrected chi connectivity index (χ0v) is 13.4. The van der Waals surface area contributed by atoms with E-state index in [1.807, 2.05) is 37.5 Å². The number of anilines is 1. The van der Waals surface area contributed by atoms with Crippen molar-refractivity contribution in [3.8, 4) is 0 Å². The molecule has 2 rings (SSSR count). The molecule has 112 valence electrons. The molecule has 0 bridgehead atoms. The molecule has 0 radical (unpaired) electrons. The normalized spacial score (nSPS) is 10.4. The second kappa shape index (κ2) is 7.17. The Labute approximate surface area is 129 Å². The number of thioether (sulfide) groups is 1. The molecule has 0 saturated carbocycles. The van der Waals surface area contributed by atoms with Crippen molar-refractivity contribution >= 4 is 23.5 Å². The molecule has 1 heterocycles. The van der Waals surface area contributed by atoms with Crippen LogP contribution in [0.4, 0.5) is 10.5 Å². The smallest absolute Gasteiger partial charge is 0.321 e. The second-order valence-corrected chi connectivity index (χ2v) is 6.04. The number of amides is 2. The molecule has 0 aliphatic carbocycles. The molecule has 1 N–H and O–H groups in total. The Morgan fingerprint density at radius 1 is 1.43 bits per heavy atom. The van der Waals surface area contributed by atoms with Gasteiger partial charge in [-0.2, -0.15) is 5.10 Å². The standard InChI is InChI=1S/C15H20N4OS/c1-4-21-14-8-6-5-7-13(14)17-15(20)18(2)10-12-9-16-19(3)11-12/h5-9,11H,4,10H2,1-3H3,(H,17,20). The van der Waals surface area contributed by atoms with E-state index in [0.29, 0.717) is 6.54 Å². The summed E-state index contributed by atoms with van der Waals surface area (Å²) in [5.41, 5.74) is 1.86. The Balaban J connectivity index is 2.00. The van der Waals surface area contributed by atoms with Crippen LogP contribution in [0.3, 0.4) is 0 Å². The molecule has 0 spiro atoms. The minimum absolute atomic E-state index is 0.122. The highest BCUT2D eigenvalue weighted by Gasteiger charge is 2.12. The maximum Gasteiger partial charge on any atom is 0.321 e. The van der Waals surface area contributed by atoms with E-state index in [2.05, 4.69) is 17.3 Å². The van der Waals surface area contributed by atoms with Gasteiger partial charge in [-0.3, -0.25) is 4.68 Å². The predicted octanol–water partition coefficient (Wildman–Crippen LogP) is 3.20. The summed E-state index contributed by atoms with van der Waals surface area (Å²) in [6.45, 7) is 2.63. The Kier molecular flexibility index (Phi) is 5.27. The first-order valence-corrected chi connectivity index (χ1v) is 7.80. The Hall–Kier alpha value is -1.95. The van der Waals surface area contributed by atoms with Crippen LogP contribution >= 0.6 is 11.8 Å². The van der Waals surface area contributed by atoms with Crippen LogP contribution in [0.2, 0.25) is 0 Å². The van der Waals surface area contributed by atoms with Crippen molar-refractivity contribution in [2.24, 2.45) is 7.05 Å². The quantitative estimate of drug-likeness (QED) is 0.863. The summed E-state index contributed by atoms with van der Waals surface area (Å²) >= 11 is 1.72. The Bertz CT molecular complexity index is 611. The first-order chi connectivity index (χ1) is 10.1. The van der Waals surface area contributed by atoms with Crippen LogP contribution < -0.4 is 5.32 Å². The molecule has 0 saturated heterocycles. The maximum atomic E-state index is 12.3. The molecule has 0 fully saturated rings. The summed E-state index contributed by atoms with van der Waals surface area (Å²) in [4.78, 5) is 15.0. The number of carbonyl (C=O) groups excluding carboxylic acids is 1. The highest BCUT2D eigenvalue weighted by Crippen LogP contribution is 2.26. The van der Waals surface area contributed by atoms with Crippen LogP contribution in [0.1, 0.15) is 12.5 Å². The van der Waals surface area contributed by atoms with E-state index >= 15 is 0 Å². The first-order valence-electron chi connectivity index (χ1n) is 6.81. The number of urea groups is 1. The molecule has 5 nitrogen and oxygen atoms in total. The number of para-hydroxylation sites is 1. The molecule has 0 aliphatic heterocycles. The molecule has 0 unspecified atom stereocenters. The SMILES string of the molecule is CCSc1ccccc1NC(=O)N(C)Cc1cnn(C)c1. The van der Waals surface area contributed by atoms with Gasteiger partial charge < -0.3 is 10.2 Å². The third-order valence-corrected chi connectivity index (χ3v) is 3.91. The molecule has 21 heavy (non-hydrogen) atoms. The number of benzene rings is 1. The maximum absolute atomic E-state index is 12.3. The fourth-order valence-corrected chi connectivity index (χ4v) is 2.72. The molecule has 2 aromatic rings. The third-order valence-electron chi connectivity index (χ3n) is 2.95. The van der Waals surface area contributed by atoms with Gasteiger partial charge in [-0.25, -0.2) is 4.79 Å². The van der Waals surface area contributed by atoms with E-state index in [4.69, 9.17) is 0 Å². The highest BCUT2D eigenvalue weighted by molar-refractivity contribution is 7.99. The van der Waals surface area contributed by atoms with Gasteiger partial charge >= 0.3 is 6.03 Å². The summed E-state index contributed by atoms with van der Waals surface area (Å²) in [5, 5.41) is 7.07. The second-order valence-electron chi connectivity index (χ2n) is 4.74. The van der Waals surface area contributed by atoms with Crippen molar-refractivity contribution in [3.63, 3.8) is 0 Å². The lowest BCUT2D eigenvalue weighted by atomic mass is 10.3. The summed E-state index contributed by atoms with van der Waals surface area (Å²) in [5.74, 6) is 0.971. The number of carbonyl (C=O) groups is 1. The number of nitrogens with zero attached hydrogens (tertiary/aromatic N) is 3. The van der Waals surface area contributed by atoms with Crippen molar-refractivity contribution in [1.29, 1.82) is 0 Å². The highest BCUT2D eigenvalue weighted by atomic mass is 32.2. The zero-order chi connectivity index (χ0) is 15.2. The average Bonchev–Trinajstić information content (AvgIpc) is 2.86. The van der Waals surface area contributed by atoms with Gasteiger partial charge in [-0.05, 0) is 17.9 Å². The Morgan fingerprint density at radius 3 is 2.86 bits per heavy atom. The van der Waals surface area contributed by atoms with Gasteiger partial charge in [0.25, 0.3) is 0 Å². The minimum atomic E-state index is -0.122. The van der Waals surface area contributed by atoms with Crippen LogP contribution in [0, 0.1) is 0 Å². The monoisotopic (exact) mass is 304 g/mol. The van der Waals surface area contributed by atoms with Crippen LogP contribution in [0.5, 0.6) is 0 Å². The van der Waals surface area contributed by atoms with Crippen molar-refractivity contribution in [1.82, 2.24) is 14.7 Å². The number of rotatable bonds is 5. The lowest BCUT2D eigenvalue weighted by Gasteiger charge is -2.18. The van der Waals surface area contributed by atoms with Crippen LogP contribution in [-0.4, -0.2) is 33.5 Å². The topological polar surface area (TPSA) is 50.2 Å². The fourth-order valence-electron chi connectivity index (χ4n) is 1.96. The van der Waals surface area contributed by atoms with Crippen molar-refractivity contribution in [2.45, 2.75) is 18.4 Å². The van der Waals surface area contributed by atoms with Crippen LogP contribution in [0.15, 0.2) is 41.6 Å². The van der Waals surface area contributed by atoms with Gasteiger partial charge in [-0.15, -0.1) is 11.8 Å². The summed E-state index contributed by atoms with van der Waals surface area (Å²) in [6.07, 6.45) is 3.68. The fraction of sp³-hybridized carbons (Fsp3) is 0.333. The van der Waals surface area contributed by atoms with E-state index in [0.717, 1.165) is 21.9 Å². The van der Waals surface area contributed by atoms with E-state index in [1.54, 1.807) is 34.6 Å². The van der Waals surface area contributed by atoms with Gasteiger partial charge in [0.2, 0.25) is 0 Å². The predicted molar refractivity (Wildman–Crippen MR) is 86.5 cm³/mol. The molecule has 6 heteroatoms. The third kappa shape index (κ3) is 4.26. The minimum Gasteiger partial charge on any atom is -0.323 e. The lowest BCUT2D eigenvalue weighted by Crippen LogP contribution is -2.30. The van der Waals surface area contributed by atoms with E-state index < -0.39 is 0 Å². The Morgan fingerprint density at radius 2 is 2.19 bits per heavy atom. The summed E-state index contributed by atoms with van der Waals surface area (Å²) in [6, 6.07) is 7.73. The zero-order valence-electron chi connectivity index (χ0n) is 12.5.